The van der Waals surface area contributed by atoms with Gasteiger partial charge in [0.05, 0.1) is 5.69 Å². The summed E-state index contributed by atoms with van der Waals surface area (Å²) in [5.74, 6) is 0. The van der Waals surface area contributed by atoms with E-state index in [1.54, 1.807) is 4.31 Å². The van der Waals surface area contributed by atoms with Gasteiger partial charge in [-0.2, -0.15) is 12.7 Å². The summed E-state index contributed by atoms with van der Waals surface area (Å²) in [6.07, 6.45) is 3.29. The lowest BCUT2D eigenvalue weighted by atomic mass is 10.0. The molecule has 0 aliphatic carbocycles. The Morgan fingerprint density at radius 2 is 1.90 bits per heavy atom. The zero-order chi connectivity index (χ0) is 15.5. The van der Waals surface area contributed by atoms with E-state index in [2.05, 4.69) is 0 Å². The Labute approximate surface area is 127 Å². The summed E-state index contributed by atoms with van der Waals surface area (Å²) in [4.78, 5) is 0. The maximum absolute atomic E-state index is 13.0. The molecule has 118 valence electrons. The van der Waals surface area contributed by atoms with E-state index < -0.39 is 10.2 Å². The Morgan fingerprint density at radius 1 is 1.24 bits per heavy atom. The van der Waals surface area contributed by atoms with Crippen LogP contribution in [0.4, 0.5) is 11.4 Å². The van der Waals surface area contributed by atoms with E-state index in [4.69, 9.17) is 5.73 Å². The molecule has 2 rings (SSSR count). The molecule has 0 bridgehead atoms. The molecule has 0 fully saturated rings. The van der Waals surface area contributed by atoms with Crippen LogP contribution in [-0.4, -0.2) is 32.4 Å². The first-order valence-electron chi connectivity index (χ1n) is 7.67. The fraction of sp³-hybridized carbons (Fsp3) is 0.600. The Morgan fingerprint density at radius 3 is 2.52 bits per heavy atom. The van der Waals surface area contributed by atoms with E-state index in [-0.39, 0.29) is 0 Å². The monoisotopic (exact) mass is 311 g/mol. The predicted molar refractivity (Wildman–Crippen MR) is 87.6 cm³/mol. The molecule has 0 saturated heterocycles. The standard InChI is InChI=1S/C15H25N3O2S/c1-3-10-17(11-4-2)21(19,20)18-12-6-7-13-14(16)8-5-9-15(13)18/h5,8-9H,3-4,6-7,10-12,16H2,1-2H3. The van der Waals surface area contributed by atoms with Crippen molar-refractivity contribution in [3.05, 3.63) is 23.8 Å². The van der Waals surface area contributed by atoms with Crippen molar-refractivity contribution in [2.75, 3.05) is 29.7 Å². The van der Waals surface area contributed by atoms with Gasteiger partial charge in [0.25, 0.3) is 0 Å². The number of benzene rings is 1. The van der Waals surface area contributed by atoms with Crippen LogP contribution in [0.15, 0.2) is 18.2 Å². The van der Waals surface area contributed by atoms with Crippen molar-refractivity contribution < 1.29 is 8.42 Å². The first-order valence-corrected chi connectivity index (χ1v) is 9.07. The molecule has 0 amide bonds. The summed E-state index contributed by atoms with van der Waals surface area (Å²) < 4.78 is 29.0. The van der Waals surface area contributed by atoms with Gasteiger partial charge in [-0.05, 0) is 43.4 Å². The van der Waals surface area contributed by atoms with E-state index in [1.807, 2.05) is 32.0 Å². The molecule has 0 aromatic heterocycles. The molecule has 1 aromatic rings. The van der Waals surface area contributed by atoms with Crippen LogP contribution in [0.1, 0.15) is 38.7 Å². The lowest BCUT2D eigenvalue weighted by Crippen LogP contribution is -2.46. The van der Waals surface area contributed by atoms with Crippen LogP contribution in [0.25, 0.3) is 0 Å². The molecule has 21 heavy (non-hydrogen) atoms. The van der Waals surface area contributed by atoms with Crippen molar-refractivity contribution in [2.24, 2.45) is 0 Å². The third-order valence-electron chi connectivity index (χ3n) is 3.80. The lowest BCUT2D eigenvalue weighted by Gasteiger charge is -2.35. The first kappa shape index (κ1) is 16.1. The maximum Gasteiger partial charge on any atom is 0.304 e. The number of nitrogens with zero attached hydrogens (tertiary/aromatic N) is 2. The molecule has 5 nitrogen and oxygen atoms in total. The van der Waals surface area contributed by atoms with Gasteiger partial charge in [-0.15, -0.1) is 0 Å². The molecule has 1 heterocycles. The summed E-state index contributed by atoms with van der Waals surface area (Å²) in [7, 11) is -3.47. The van der Waals surface area contributed by atoms with Crippen LogP contribution in [0.5, 0.6) is 0 Å². The average Bonchev–Trinajstić information content (AvgIpc) is 2.47. The minimum Gasteiger partial charge on any atom is -0.398 e. The van der Waals surface area contributed by atoms with Crippen LogP contribution >= 0.6 is 0 Å². The Kier molecular flexibility index (Phi) is 5.11. The van der Waals surface area contributed by atoms with Crippen LogP contribution in [0, 0.1) is 0 Å². The number of hydrogen-bond donors (Lipinski definition) is 1. The van der Waals surface area contributed by atoms with E-state index in [0.717, 1.165) is 36.9 Å². The zero-order valence-corrected chi connectivity index (χ0v) is 13.7. The number of hydrogen-bond acceptors (Lipinski definition) is 3. The SMILES string of the molecule is CCCN(CCC)S(=O)(=O)N1CCCc2c(N)cccc21. The highest BCUT2D eigenvalue weighted by Gasteiger charge is 2.32. The third kappa shape index (κ3) is 3.16. The molecule has 2 N–H and O–H groups in total. The van der Waals surface area contributed by atoms with Gasteiger partial charge < -0.3 is 5.73 Å². The van der Waals surface area contributed by atoms with Gasteiger partial charge in [-0.25, -0.2) is 0 Å². The maximum atomic E-state index is 13.0. The fourth-order valence-electron chi connectivity index (χ4n) is 2.84. The zero-order valence-electron chi connectivity index (χ0n) is 12.9. The van der Waals surface area contributed by atoms with Crippen LogP contribution in [0.2, 0.25) is 0 Å². The number of anilines is 2. The molecule has 6 heteroatoms. The second kappa shape index (κ2) is 6.66. The largest absolute Gasteiger partial charge is 0.398 e. The highest BCUT2D eigenvalue weighted by molar-refractivity contribution is 7.90. The van der Waals surface area contributed by atoms with Crippen LogP contribution < -0.4 is 10.0 Å². The molecule has 0 unspecified atom stereocenters. The van der Waals surface area contributed by atoms with Gasteiger partial charge in [0, 0.05) is 25.3 Å². The van der Waals surface area contributed by atoms with Gasteiger partial charge in [0.2, 0.25) is 0 Å². The quantitative estimate of drug-likeness (QED) is 0.820. The molecule has 1 aliphatic heterocycles. The van der Waals surface area contributed by atoms with Crippen molar-refractivity contribution in [3.8, 4) is 0 Å². The molecule has 1 aromatic carbocycles. The summed E-state index contributed by atoms with van der Waals surface area (Å²) in [6.45, 7) is 5.65. The molecule has 0 spiro atoms. The highest BCUT2D eigenvalue weighted by atomic mass is 32.2. The van der Waals surface area contributed by atoms with Gasteiger partial charge in [0.1, 0.15) is 0 Å². The topological polar surface area (TPSA) is 66.6 Å². The fourth-order valence-corrected chi connectivity index (χ4v) is 4.72. The van der Waals surface area contributed by atoms with Crippen LogP contribution in [-0.2, 0) is 16.6 Å². The highest BCUT2D eigenvalue weighted by Crippen LogP contribution is 2.33. The summed E-state index contributed by atoms with van der Waals surface area (Å²) in [5, 5.41) is 0. The molecule has 0 saturated carbocycles. The van der Waals surface area contributed by atoms with E-state index >= 15 is 0 Å². The van der Waals surface area contributed by atoms with Crippen molar-refractivity contribution in [3.63, 3.8) is 0 Å². The summed E-state index contributed by atoms with van der Waals surface area (Å²) in [5.41, 5.74) is 8.40. The van der Waals surface area contributed by atoms with E-state index in [1.165, 1.54) is 4.31 Å². The van der Waals surface area contributed by atoms with Crippen LogP contribution in [0.3, 0.4) is 0 Å². The Balaban J connectivity index is 2.40. The van der Waals surface area contributed by atoms with Gasteiger partial charge >= 0.3 is 10.2 Å². The molecule has 1 aliphatic rings. The lowest BCUT2D eigenvalue weighted by molar-refractivity contribution is 0.406. The number of fused-ring (bicyclic) bond motifs is 1. The van der Waals surface area contributed by atoms with E-state index in [0.29, 0.717) is 25.3 Å². The second-order valence-corrected chi connectivity index (χ2v) is 7.28. The Bertz CT molecular complexity index is 581. The summed E-state index contributed by atoms with van der Waals surface area (Å²) >= 11 is 0. The van der Waals surface area contributed by atoms with Crippen molar-refractivity contribution in [1.82, 2.24) is 4.31 Å². The Hall–Kier alpha value is -1.27. The molecular formula is C15H25N3O2S. The number of nitrogen functional groups attached to an aromatic ring is 1. The minimum atomic E-state index is -3.47. The number of nitrogens with two attached hydrogens (primary N) is 1. The van der Waals surface area contributed by atoms with Gasteiger partial charge in [-0.3, -0.25) is 4.31 Å². The molecule has 0 atom stereocenters. The average molecular weight is 311 g/mol. The second-order valence-electron chi connectivity index (χ2n) is 5.43. The van der Waals surface area contributed by atoms with E-state index in [9.17, 15) is 8.42 Å². The molecular weight excluding hydrogens is 286 g/mol. The van der Waals surface area contributed by atoms with Crippen molar-refractivity contribution in [2.45, 2.75) is 39.5 Å². The first-order chi connectivity index (χ1) is 10.0. The van der Waals surface area contributed by atoms with Gasteiger partial charge in [0.15, 0.2) is 0 Å². The van der Waals surface area contributed by atoms with Crippen molar-refractivity contribution >= 4 is 21.6 Å². The minimum absolute atomic E-state index is 0.530. The molecule has 0 radical (unpaired) electrons. The van der Waals surface area contributed by atoms with Gasteiger partial charge in [-0.1, -0.05) is 19.9 Å². The predicted octanol–water partition coefficient (Wildman–Crippen LogP) is 2.39. The number of rotatable bonds is 6. The van der Waals surface area contributed by atoms with Crippen molar-refractivity contribution in [1.29, 1.82) is 0 Å². The summed E-state index contributed by atoms with van der Waals surface area (Å²) in [6, 6.07) is 5.52. The normalized spacial score (nSPS) is 15.3. The smallest absolute Gasteiger partial charge is 0.304 e. The third-order valence-corrected chi connectivity index (χ3v) is 5.75.